The van der Waals surface area contributed by atoms with Crippen LogP contribution >= 0.6 is 22.7 Å². The van der Waals surface area contributed by atoms with Crippen LogP contribution in [0.5, 0.6) is 0 Å². The Bertz CT molecular complexity index is 677. The number of carbonyl (C=O) groups is 1. The second-order valence-corrected chi connectivity index (χ2v) is 7.21. The van der Waals surface area contributed by atoms with Gasteiger partial charge in [0.25, 0.3) is 0 Å². The number of rotatable bonds is 1. The van der Waals surface area contributed by atoms with Crippen molar-refractivity contribution >= 4 is 34.3 Å². The first-order valence-corrected chi connectivity index (χ1v) is 8.33. The van der Waals surface area contributed by atoms with Gasteiger partial charge in [-0.3, -0.25) is 0 Å². The number of hydrogen-bond donors (Lipinski definition) is 2. The number of nitrogens with zero attached hydrogens (tertiary/aromatic N) is 1. The highest BCUT2D eigenvalue weighted by atomic mass is 32.1. The Morgan fingerprint density at radius 3 is 3.25 bits per heavy atom. The second-order valence-electron chi connectivity index (χ2n) is 5.12. The zero-order valence-corrected chi connectivity index (χ0v) is 12.4. The van der Waals surface area contributed by atoms with Crippen molar-refractivity contribution in [3.63, 3.8) is 0 Å². The highest BCUT2D eigenvalue weighted by molar-refractivity contribution is 7.14. The lowest BCUT2D eigenvalue weighted by atomic mass is 10.1. The van der Waals surface area contributed by atoms with Gasteiger partial charge in [-0.1, -0.05) is 0 Å². The number of fused-ring (bicyclic) bond motifs is 5. The Labute approximate surface area is 124 Å². The van der Waals surface area contributed by atoms with Crippen LogP contribution in [-0.2, 0) is 13.0 Å². The quantitative estimate of drug-likeness (QED) is 0.850. The second kappa shape index (κ2) is 4.58. The minimum atomic E-state index is -0.817. The summed E-state index contributed by atoms with van der Waals surface area (Å²) in [6.07, 6.45) is 0.945. The van der Waals surface area contributed by atoms with Crippen molar-refractivity contribution in [2.45, 2.75) is 19.0 Å². The summed E-state index contributed by atoms with van der Waals surface area (Å²) in [6.45, 7) is 2.81. The molecule has 0 radical (unpaired) electrons. The van der Waals surface area contributed by atoms with Gasteiger partial charge in [-0.05, 0) is 23.1 Å². The van der Waals surface area contributed by atoms with Crippen molar-refractivity contribution in [1.29, 1.82) is 0 Å². The molecule has 4 heterocycles. The molecule has 0 aromatic carbocycles. The van der Waals surface area contributed by atoms with E-state index in [-0.39, 0.29) is 0 Å². The summed E-state index contributed by atoms with van der Waals surface area (Å²) in [4.78, 5) is 16.6. The molecule has 1 unspecified atom stereocenters. The van der Waals surface area contributed by atoms with E-state index in [0.29, 0.717) is 10.9 Å². The average Bonchev–Trinajstić information content (AvgIpc) is 3.05. The topological polar surface area (TPSA) is 52.6 Å². The number of carboxylic acids is 1. The third-order valence-electron chi connectivity index (χ3n) is 3.99. The lowest BCUT2D eigenvalue weighted by Crippen LogP contribution is -2.35. The third kappa shape index (κ3) is 1.79. The first-order chi connectivity index (χ1) is 9.74. The molecule has 104 valence electrons. The standard InChI is InChI=1S/C14H14N2O2S2/c17-14(18)12-5-9-11(20-12)6-10-13-8(1-4-19-13)7-15-2-3-16(9)10/h1,4-5,10,15H,2-3,6-7H2,(H,17,18). The van der Waals surface area contributed by atoms with Gasteiger partial charge in [-0.15, -0.1) is 22.7 Å². The highest BCUT2D eigenvalue weighted by Crippen LogP contribution is 2.46. The summed E-state index contributed by atoms with van der Waals surface area (Å²) in [5.41, 5.74) is 2.51. The lowest BCUT2D eigenvalue weighted by molar-refractivity contribution is 0.0702. The van der Waals surface area contributed by atoms with Crippen LogP contribution in [0.25, 0.3) is 0 Å². The number of thiophene rings is 2. The summed E-state index contributed by atoms with van der Waals surface area (Å²) in [6, 6.07) is 4.44. The molecular weight excluding hydrogens is 292 g/mol. The van der Waals surface area contributed by atoms with Gasteiger partial charge in [0, 0.05) is 35.8 Å². The highest BCUT2D eigenvalue weighted by Gasteiger charge is 2.35. The number of aromatic carboxylic acids is 1. The van der Waals surface area contributed by atoms with Crippen LogP contribution in [0, 0.1) is 0 Å². The molecule has 2 N–H and O–H groups in total. The molecule has 2 aliphatic rings. The normalized spacial score (nSPS) is 20.8. The van der Waals surface area contributed by atoms with E-state index in [1.54, 1.807) is 0 Å². The van der Waals surface area contributed by atoms with Crippen molar-refractivity contribution in [3.05, 3.63) is 37.7 Å². The van der Waals surface area contributed by atoms with Crippen molar-refractivity contribution in [1.82, 2.24) is 5.32 Å². The molecule has 6 heteroatoms. The van der Waals surface area contributed by atoms with Gasteiger partial charge in [-0.2, -0.15) is 0 Å². The molecule has 2 aromatic rings. The van der Waals surface area contributed by atoms with Crippen molar-refractivity contribution < 1.29 is 9.90 Å². The van der Waals surface area contributed by atoms with Gasteiger partial charge in [0.1, 0.15) is 4.88 Å². The Balaban J connectivity index is 1.77. The van der Waals surface area contributed by atoms with Gasteiger partial charge in [0.2, 0.25) is 0 Å². The largest absolute Gasteiger partial charge is 0.477 e. The summed E-state index contributed by atoms with van der Waals surface area (Å²) >= 11 is 3.25. The molecule has 4 nitrogen and oxygen atoms in total. The Hall–Kier alpha value is -1.37. The zero-order chi connectivity index (χ0) is 13.7. The molecule has 2 aliphatic heterocycles. The number of carboxylic acid groups (broad SMARTS) is 1. The molecule has 2 aromatic heterocycles. The summed E-state index contributed by atoms with van der Waals surface area (Å²) < 4.78 is 0. The van der Waals surface area contributed by atoms with E-state index >= 15 is 0 Å². The first-order valence-electron chi connectivity index (χ1n) is 6.63. The summed E-state index contributed by atoms with van der Waals surface area (Å²) in [7, 11) is 0. The van der Waals surface area contributed by atoms with E-state index in [2.05, 4.69) is 21.7 Å². The smallest absolute Gasteiger partial charge is 0.345 e. The minimum absolute atomic E-state index is 0.399. The van der Waals surface area contributed by atoms with E-state index in [1.165, 1.54) is 26.7 Å². The van der Waals surface area contributed by atoms with Gasteiger partial charge >= 0.3 is 5.97 Å². The Morgan fingerprint density at radius 1 is 1.50 bits per heavy atom. The molecule has 4 rings (SSSR count). The molecule has 0 bridgehead atoms. The molecule has 0 fully saturated rings. The molecule has 20 heavy (non-hydrogen) atoms. The molecule has 0 spiro atoms. The Morgan fingerprint density at radius 2 is 2.40 bits per heavy atom. The van der Waals surface area contributed by atoms with E-state index in [9.17, 15) is 4.79 Å². The van der Waals surface area contributed by atoms with Crippen molar-refractivity contribution in [3.8, 4) is 0 Å². The maximum Gasteiger partial charge on any atom is 0.345 e. The number of anilines is 1. The van der Waals surface area contributed by atoms with Crippen LogP contribution in [0.15, 0.2) is 17.5 Å². The lowest BCUT2D eigenvalue weighted by Gasteiger charge is -2.30. The number of nitrogens with one attached hydrogen (secondary N) is 1. The molecular formula is C14H14N2O2S2. The van der Waals surface area contributed by atoms with E-state index in [0.717, 1.165) is 31.7 Å². The maximum atomic E-state index is 11.1. The van der Waals surface area contributed by atoms with Crippen LogP contribution in [0.2, 0.25) is 0 Å². The molecule has 0 saturated heterocycles. The van der Waals surface area contributed by atoms with E-state index in [1.807, 2.05) is 17.4 Å². The van der Waals surface area contributed by atoms with Crippen LogP contribution in [0.4, 0.5) is 5.69 Å². The van der Waals surface area contributed by atoms with Crippen LogP contribution in [0.1, 0.15) is 31.0 Å². The van der Waals surface area contributed by atoms with E-state index in [4.69, 9.17) is 5.11 Å². The summed E-state index contributed by atoms with van der Waals surface area (Å²) in [5, 5.41) is 14.8. The molecule has 0 aliphatic carbocycles. The fourth-order valence-electron chi connectivity index (χ4n) is 3.09. The first kappa shape index (κ1) is 12.4. The average molecular weight is 306 g/mol. The predicted octanol–water partition coefficient (Wildman–Crippen LogP) is 2.71. The maximum absolute atomic E-state index is 11.1. The third-order valence-corrected chi connectivity index (χ3v) is 6.19. The van der Waals surface area contributed by atoms with Gasteiger partial charge in [0.05, 0.1) is 11.7 Å². The number of hydrogen-bond acceptors (Lipinski definition) is 5. The van der Waals surface area contributed by atoms with Crippen LogP contribution in [-0.4, -0.2) is 24.2 Å². The fraction of sp³-hybridized carbons (Fsp3) is 0.357. The van der Waals surface area contributed by atoms with E-state index < -0.39 is 5.97 Å². The van der Waals surface area contributed by atoms with Gasteiger partial charge in [-0.25, -0.2) is 4.79 Å². The monoisotopic (exact) mass is 306 g/mol. The van der Waals surface area contributed by atoms with Crippen molar-refractivity contribution in [2.24, 2.45) is 0 Å². The molecule has 1 atom stereocenters. The Kier molecular flexibility index (Phi) is 2.83. The molecule has 0 saturated carbocycles. The van der Waals surface area contributed by atoms with Crippen LogP contribution in [0.3, 0.4) is 0 Å². The van der Waals surface area contributed by atoms with Gasteiger partial charge in [0.15, 0.2) is 0 Å². The predicted molar refractivity (Wildman–Crippen MR) is 81.1 cm³/mol. The fourth-order valence-corrected chi connectivity index (χ4v) is 5.17. The molecule has 0 amide bonds. The SMILES string of the molecule is O=C(O)c1cc2c(s1)CC1c3sccc3CNCCN21. The van der Waals surface area contributed by atoms with Crippen molar-refractivity contribution in [2.75, 3.05) is 18.0 Å². The minimum Gasteiger partial charge on any atom is -0.477 e. The summed E-state index contributed by atoms with van der Waals surface area (Å²) in [5.74, 6) is -0.817. The zero-order valence-electron chi connectivity index (χ0n) is 10.8. The van der Waals surface area contributed by atoms with Crippen LogP contribution < -0.4 is 10.2 Å². The van der Waals surface area contributed by atoms with Gasteiger partial charge < -0.3 is 15.3 Å².